The van der Waals surface area contributed by atoms with E-state index in [1.54, 1.807) is 41.9 Å². The molecule has 0 saturated heterocycles. The van der Waals surface area contributed by atoms with E-state index in [9.17, 15) is 9.90 Å². The van der Waals surface area contributed by atoms with Gasteiger partial charge < -0.3 is 19.4 Å². The van der Waals surface area contributed by atoms with Crippen LogP contribution in [-0.4, -0.2) is 47.0 Å². The van der Waals surface area contributed by atoms with Gasteiger partial charge in [0.2, 0.25) is 11.7 Å². The predicted octanol–water partition coefficient (Wildman–Crippen LogP) is 2.71. The molecule has 0 saturated carbocycles. The van der Waals surface area contributed by atoms with Crippen LogP contribution in [0.25, 0.3) is 5.52 Å². The highest BCUT2D eigenvalue weighted by Crippen LogP contribution is 2.35. The van der Waals surface area contributed by atoms with Crippen LogP contribution in [0.4, 0.5) is 0 Å². The minimum absolute atomic E-state index is 0.0536. The number of aromatic nitrogens is 5. The Labute approximate surface area is 176 Å². The molecule has 10 heteroatoms. The fraction of sp³-hybridized carbons (Fsp3) is 0.300. The molecular weight excluding hydrogens is 408 g/mol. The first-order chi connectivity index (χ1) is 14.3. The minimum atomic E-state index is -1.28. The number of H-pyrrole nitrogens is 1. The van der Waals surface area contributed by atoms with Gasteiger partial charge >= 0.3 is 0 Å². The molecule has 4 aromatic heterocycles. The van der Waals surface area contributed by atoms with Gasteiger partial charge in [-0.1, -0.05) is 11.6 Å². The first-order valence-electron chi connectivity index (χ1n) is 9.48. The van der Waals surface area contributed by atoms with Crippen LogP contribution in [0.1, 0.15) is 53.4 Å². The minimum Gasteiger partial charge on any atom is -0.432 e. The number of oxazole rings is 1. The van der Waals surface area contributed by atoms with Crippen molar-refractivity contribution in [2.24, 2.45) is 0 Å². The fourth-order valence-electron chi connectivity index (χ4n) is 3.73. The molecule has 30 heavy (non-hydrogen) atoms. The molecule has 0 aliphatic carbocycles. The van der Waals surface area contributed by atoms with Crippen molar-refractivity contribution < 1.29 is 14.3 Å². The Morgan fingerprint density at radius 2 is 2.23 bits per heavy atom. The lowest BCUT2D eigenvalue weighted by Crippen LogP contribution is -2.40. The summed E-state index contributed by atoms with van der Waals surface area (Å²) in [5.74, 6) is -0.211. The highest BCUT2D eigenvalue weighted by atomic mass is 35.5. The van der Waals surface area contributed by atoms with Gasteiger partial charge in [-0.25, -0.2) is 14.5 Å². The standard InChI is InChI=1S/C20H19ClN6O3/c1-20(2,29)19-22-9-15(30-19)18(28)26-7-5-12-16(24-10-23-12)17(26)13-8-14-11(21)4-3-6-27(14)25-13/h3-4,6,8-10,17,29H,5,7H2,1-2H3,(H,23,24)/t17-/m1/s1. The largest absolute Gasteiger partial charge is 0.432 e. The van der Waals surface area contributed by atoms with E-state index in [1.807, 2.05) is 12.1 Å². The maximum Gasteiger partial charge on any atom is 0.292 e. The van der Waals surface area contributed by atoms with Crippen molar-refractivity contribution in [1.82, 2.24) is 29.5 Å². The molecule has 9 nitrogen and oxygen atoms in total. The van der Waals surface area contributed by atoms with Crippen LogP contribution in [0.3, 0.4) is 0 Å². The lowest BCUT2D eigenvalue weighted by atomic mass is 9.99. The third-order valence-corrected chi connectivity index (χ3v) is 5.49. The zero-order valence-electron chi connectivity index (χ0n) is 16.3. The molecule has 0 fully saturated rings. The van der Waals surface area contributed by atoms with E-state index in [-0.39, 0.29) is 17.6 Å². The quantitative estimate of drug-likeness (QED) is 0.520. The Morgan fingerprint density at radius 3 is 2.97 bits per heavy atom. The fourth-order valence-corrected chi connectivity index (χ4v) is 3.94. The first kappa shape index (κ1) is 18.8. The Bertz CT molecular complexity index is 1250. The Kier molecular flexibility index (Phi) is 4.19. The number of imidazole rings is 1. The number of aromatic amines is 1. The smallest absolute Gasteiger partial charge is 0.292 e. The number of nitrogens with one attached hydrogen (secondary N) is 1. The second-order valence-corrected chi connectivity index (χ2v) is 8.17. The van der Waals surface area contributed by atoms with Crippen LogP contribution in [0.2, 0.25) is 5.02 Å². The number of nitrogens with zero attached hydrogens (tertiary/aromatic N) is 5. The number of hydrogen-bond acceptors (Lipinski definition) is 6. The Hall–Kier alpha value is -3.17. The van der Waals surface area contributed by atoms with Crippen LogP contribution in [-0.2, 0) is 12.0 Å². The normalized spacial score (nSPS) is 16.8. The van der Waals surface area contributed by atoms with Crippen LogP contribution < -0.4 is 0 Å². The van der Waals surface area contributed by atoms with Gasteiger partial charge in [0.25, 0.3) is 5.91 Å². The van der Waals surface area contributed by atoms with E-state index in [4.69, 9.17) is 16.0 Å². The number of pyridine rings is 1. The van der Waals surface area contributed by atoms with Gasteiger partial charge in [0.05, 0.1) is 34.5 Å². The number of hydrogen-bond donors (Lipinski definition) is 2. The number of amides is 1. The molecule has 5 heterocycles. The van der Waals surface area contributed by atoms with Gasteiger partial charge in [-0.05, 0) is 32.0 Å². The highest BCUT2D eigenvalue weighted by molar-refractivity contribution is 6.33. The van der Waals surface area contributed by atoms with E-state index in [2.05, 4.69) is 20.1 Å². The molecule has 2 N–H and O–H groups in total. The van der Waals surface area contributed by atoms with Gasteiger partial charge in [0.1, 0.15) is 11.6 Å². The molecule has 0 unspecified atom stereocenters. The van der Waals surface area contributed by atoms with Crippen molar-refractivity contribution in [2.45, 2.75) is 31.9 Å². The SMILES string of the molecule is CC(C)(O)c1ncc(C(=O)N2CCc3[nH]cnc3[C@H]2c2cc3c(Cl)cccn3n2)o1. The summed E-state index contributed by atoms with van der Waals surface area (Å²) in [7, 11) is 0. The highest BCUT2D eigenvalue weighted by Gasteiger charge is 2.38. The third kappa shape index (κ3) is 2.98. The summed E-state index contributed by atoms with van der Waals surface area (Å²) < 4.78 is 7.25. The second kappa shape index (κ2) is 6.68. The summed E-state index contributed by atoms with van der Waals surface area (Å²) in [4.78, 5) is 26.7. The van der Waals surface area contributed by atoms with Gasteiger partial charge in [-0.3, -0.25) is 4.79 Å². The van der Waals surface area contributed by atoms with Gasteiger partial charge in [0, 0.05) is 24.9 Å². The molecule has 154 valence electrons. The van der Waals surface area contributed by atoms with Crippen LogP contribution >= 0.6 is 11.6 Å². The van der Waals surface area contributed by atoms with E-state index < -0.39 is 11.6 Å². The maximum atomic E-state index is 13.3. The van der Waals surface area contributed by atoms with Crippen molar-refractivity contribution in [2.75, 3.05) is 6.54 Å². The number of halogens is 1. The second-order valence-electron chi connectivity index (χ2n) is 7.76. The molecule has 1 amide bonds. The van der Waals surface area contributed by atoms with E-state index in [0.717, 1.165) is 16.9 Å². The van der Waals surface area contributed by atoms with Crippen molar-refractivity contribution in [3.05, 3.63) is 70.7 Å². The molecule has 4 aromatic rings. The maximum absolute atomic E-state index is 13.3. The Balaban J connectivity index is 1.59. The predicted molar refractivity (Wildman–Crippen MR) is 107 cm³/mol. The van der Waals surface area contributed by atoms with E-state index in [1.165, 1.54) is 6.20 Å². The zero-order chi connectivity index (χ0) is 21.0. The number of fused-ring (bicyclic) bond motifs is 2. The summed E-state index contributed by atoms with van der Waals surface area (Å²) in [5.41, 5.74) is 1.80. The van der Waals surface area contributed by atoms with Gasteiger partial charge in [-0.15, -0.1) is 0 Å². The van der Waals surface area contributed by atoms with Crippen LogP contribution in [0.15, 0.2) is 41.3 Å². The molecule has 1 aliphatic heterocycles. The summed E-state index contributed by atoms with van der Waals surface area (Å²) >= 11 is 6.32. The average Bonchev–Trinajstić information content (AvgIpc) is 3.44. The molecule has 0 bridgehead atoms. The van der Waals surface area contributed by atoms with Crippen molar-refractivity contribution in [3.63, 3.8) is 0 Å². The van der Waals surface area contributed by atoms with E-state index in [0.29, 0.717) is 23.7 Å². The summed E-state index contributed by atoms with van der Waals surface area (Å²) in [6.07, 6.45) is 5.39. The van der Waals surface area contributed by atoms with E-state index >= 15 is 0 Å². The van der Waals surface area contributed by atoms with Crippen molar-refractivity contribution in [1.29, 1.82) is 0 Å². The van der Waals surface area contributed by atoms with Crippen LogP contribution in [0.5, 0.6) is 0 Å². The molecular formula is C20H19ClN6O3. The molecule has 1 aliphatic rings. The monoisotopic (exact) mass is 426 g/mol. The molecule has 1 atom stereocenters. The lowest BCUT2D eigenvalue weighted by Gasteiger charge is -2.33. The Morgan fingerprint density at radius 1 is 1.40 bits per heavy atom. The molecule has 0 radical (unpaired) electrons. The summed E-state index contributed by atoms with van der Waals surface area (Å²) in [6, 6.07) is 4.94. The number of aliphatic hydroxyl groups is 1. The number of rotatable bonds is 3. The number of carbonyl (C=O) groups excluding carboxylic acids is 1. The van der Waals surface area contributed by atoms with Gasteiger partial charge in [-0.2, -0.15) is 5.10 Å². The van der Waals surface area contributed by atoms with Gasteiger partial charge in [0.15, 0.2) is 0 Å². The lowest BCUT2D eigenvalue weighted by molar-refractivity contribution is 0.0440. The third-order valence-electron chi connectivity index (χ3n) is 5.17. The average molecular weight is 427 g/mol. The molecule has 5 rings (SSSR count). The van der Waals surface area contributed by atoms with Crippen molar-refractivity contribution >= 4 is 23.0 Å². The zero-order valence-corrected chi connectivity index (χ0v) is 17.1. The summed E-state index contributed by atoms with van der Waals surface area (Å²) in [6.45, 7) is 3.54. The topological polar surface area (TPSA) is 113 Å². The van der Waals surface area contributed by atoms with Crippen LogP contribution in [0, 0.1) is 0 Å². The van der Waals surface area contributed by atoms with Crippen molar-refractivity contribution in [3.8, 4) is 0 Å². The number of carbonyl (C=O) groups is 1. The summed E-state index contributed by atoms with van der Waals surface area (Å²) in [5, 5.41) is 15.3. The molecule has 0 spiro atoms. The first-order valence-corrected chi connectivity index (χ1v) is 9.86. The molecule has 0 aromatic carbocycles.